The van der Waals surface area contributed by atoms with Crippen molar-refractivity contribution in [2.75, 3.05) is 19.6 Å². The van der Waals surface area contributed by atoms with E-state index >= 15 is 0 Å². The van der Waals surface area contributed by atoms with E-state index in [9.17, 15) is 14.0 Å². The lowest BCUT2D eigenvalue weighted by atomic mass is 10.2. The minimum atomic E-state index is -0.522. The van der Waals surface area contributed by atoms with Crippen LogP contribution in [-0.4, -0.2) is 36.3 Å². The first-order chi connectivity index (χ1) is 9.56. The Balaban J connectivity index is 2.01. The van der Waals surface area contributed by atoms with E-state index in [2.05, 4.69) is 5.32 Å². The highest BCUT2D eigenvalue weighted by molar-refractivity contribution is 6.30. The molecule has 2 rings (SSSR count). The number of benzene rings is 1. The second-order valence-electron chi connectivity index (χ2n) is 4.43. The molecule has 0 saturated carbocycles. The van der Waals surface area contributed by atoms with E-state index in [1.165, 1.54) is 24.3 Å². The van der Waals surface area contributed by atoms with Crippen LogP contribution in [-0.2, 0) is 9.59 Å². The van der Waals surface area contributed by atoms with E-state index in [1.54, 1.807) is 11.0 Å². The highest BCUT2D eigenvalue weighted by atomic mass is 35.5. The molecule has 1 aliphatic rings. The van der Waals surface area contributed by atoms with Crippen molar-refractivity contribution in [2.24, 2.45) is 0 Å². The zero-order valence-electron chi connectivity index (χ0n) is 10.7. The second kappa shape index (κ2) is 6.52. The van der Waals surface area contributed by atoms with Crippen molar-refractivity contribution >= 4 is 29.5 Å². The second-order valence-corrected chi connectivity index (χ2v) is 4.84. The van der Waals surface area contributed by atoms with Crippen molar-refractivity contribution in [1.82, 2.24) is 10.2 Å². The van der Waals surface area contributed by atoms with Crippen LogP contribution in [0.1, 0.15) is 12.0 Å². The van der Waals surface area contributed by atoms with Gasteiger partial charge in [0.15, 0.2) is 0 Å². The number of rotatable bonds is 2. The fraction of sp³-hybridized carbons (Fsp3) is 0.286. The molecule has 0 spiro atoms. The van der Waals surface area contributed by atoms with Gasteiger partial charge in [-0.25, -0.2) is 4.39 Å². The highest BCUT2D eigenvalue weighted by Crippen LogP contribution is 2.16. The normalized spacial score (nSPS) is 16.1. The smallest absolute Gasteiger partial charge is 0.246 e. The molecule has 0 atom stereocenters. The van der Waals surface area contributed by atoms with Gasteiger partial charge in [-0.1, -0.05) is 17.7 Å². The van der Waals surface area contributed by atoms with Gasteiger partial charge in [-0.05, 0) is 23.8 Å². The van der Waals surface area contributed by atoms with Crippen LogP contribution in [0.25, 0.3) is 6.08 Å². The maximum Gasteiger partial charge on any atom is 0.246 e. The number of nitrogens with zero attached hydrogens (tertiary/aromatic N) is 1. The van der Waals surface area contributed by atoms with Crippen LogP contribution < -0.4 is 5.32 Å². The number of halogens is 2. The zero-order valence-corrected chi connectivity index (χ0v) is 11.5. The van der Waals surface area contributed by atoms with Gasteiger partial charge in [0.05, 0.1) is 5.02 Å². The number of hydrogen-bond acceptors (Lipinski definition) is 2. The molecule has 0 aromatic heterocycles. The van der Waals surface area contributed by atoms with Gasteiger partial charge in [-0.2, -0.15) is 0 Å². The lowest BCUT2D eigenvalue weighted by Gasteiger charge is -2.17. The number of amides is 2. The zero-order chi connectivity index (χ0) is 14.5. The van der Waals surface area contributed by atoms with Gasteiger partial charge in [0.25, 0.3) is 0 Å². The SMILES string of the molecule is O=C1CCN(C(=O)/C=C/c2ccc(Cl)c(F)c2)CCN1. The van der Waals surface area contributed by atoms with Crippen molar-refractivity contribution in [3.05, 3.63) is 40.7 Å². The van der Waals surface area contributed by atoms with Gasteiger partial charge in [0.2, 0.25) is 11.8 Å². The van der Waals surface area contributed by atoms with Gasteiger partial charge < -0.3 is 10.2 Å². The van der Waals surface area contributed by atoms with E-state index in [1.807, 2.05) is 0 Å². The molecule has 106 valence electrons. The van der Waals surface area contributed by atoms with Gasteiger partial charge in [0, 0.05) is 32.1 Å². The minimum absolute atomic E-state index is 0.0468. The average Bonchev–Trinajstić information content (AvgIpc) is 2.64. The number of carbonyl (C=O) groups excluding carboxylic acids is 2. The molecule has 6 heteroatoms. The van der Waals surface area contributed by atoms with Crippen molar-refractivity contribution in [3.63, 3.8) is 0 Å². The van der Waals surface area contributed by atoms with Crippen LogP contribution in [0.3, 0.4) is 0 Å². The van der Waals surface area contributed by atoms with E-state index in [4.69, 9.17) is 11.6 Å². The Kier molecular flexibility index (Phi) is 4.74. The minimum Gasteiger partial charge on any atom is -0.354 e. The molecule has 1 saturated heterocycles. The Labute approximate surface area is 121 Å². The average molecular weight is 297 g/mol. The molecule has 1 aromatic rings. The summed E-state index contributed by atoms with van der Waals surface area (Å²) in [5, 5.41) is 2.74. The molecule has 0 unspecified atom stereocenters. The predicted octanol–water partition coefficient (Wildman–Crippen LogP) is 1.84. The van der Waals surface area contributed by atoms with Crippen LogP contribution in [0.5, 0.6) is 0 Å². The summed E-state index contributed by atoms with van der Waals surface area (Å²) in [6, 6.07) is 4.33. The molecule has 4 nitrogen and oxygen atoms in total. The van der Waals surface area contributed by atoms with Crippen molar-refractivity contribution in [1.29, 1.82) is 0 Å². The standard InChI is InChI=1S/C14H14ClFN2O2/c15-11-3-1-10(9-12(11)16)2-4-14(20)18-7-5-13(19)17-6-8-18/h1-4,9H,5-8H2,(H,17,19)/b4-2+. The van der Waals surface area contributed by atoms with E-state index < -0.39 is 5.82 Å². The third-order valence-electron chi connectivity index (χ3n) is 2.99. The monoisotopic (exact) mass is 296 g/mol. The summed E-state index contributed by atoms with van der Waals surface area (Å²) < 4.78 is 13.2. The maximum atomic E-state index is 13.2. The quantitative estimate of drug-likeness (QED) is 0.847. The summed E-state index contributed by atoms with van der Waals surface area (Å²) in [6.07, 6.45) is 3.20. The van der Waals surface area contributed by atoms with Crippen molar-refractivity contribution < 1.29 is 14.0 Å². The number of carbonyl (C=O) groups is 2. The van der Waals surface area contributed by atoms with Crippen LogP contribution >= 0.6 is 11.6 Å². The summed E-state index contributed by atoms with van der Waals surface area (Å²) in [5.41, 5.74) is 0.560. The largest absolute Gasteiger partial charge is 0.354 e. The molecule has 1 fully saturated rings. The molecule has 2 amide bonds. The lowest BCUT2D eigenvalue weighted by Crippen LogP contribution is -2.32. The first-order valence-corrected chi connectivity index (χ1v) is 6.63. The van der Waals surface area contributed by atoms with Gasteiger partial charge in [-0.3, -0.25) is 9.59 Å². The van der Waals surface area contributed by atoms with Crippen LogP contribution in [0.15, 0.2) is 24.3 Å². The molecule has 1 aromatic carbocycles. The van der Waals surface area contributed by atoms with E-state index in [0.717, 1.165) is 0 Å². The van der Waals surface area contributed by atoms with Crippen LogP contribution in [0.2, 0.25) is 5.02 Å². The summed E-state index contributed by atoms with van der Waals surface area (Å²) >= 11 is 5.58. The fourth-order valence-electron chi connectivity index (χ4n) is 1.88. The third-order valence-corrected chi connectivity index (χ3v) is 3.29. The Bertz CT molecular complexity index is 560. The third kappa shape index (κ3) is 3.81. The number of nitrogens with one attached hydrogen (secondary N) is 1. The Morgan fingerprint density at radius 1 is 1.40 bits per heavy atom. The van der Waals surface area contributed by atoms with Gasteiger partial charge in [0.1, 0.15) is 5.82 Å². The topological polar surface area (TPSA) is 49.4 Å². The Morgan fingerprint density at radius 3 is 2.95 bits per heavy atom. The summed E-state index contributed by atoms with van der Waals surface area (Å²) in [4.78, 5) is 24.7. The molecular formula is C14H14ClFN2O2. The van der Waals surface area contributed by atoms with Crippen LogP contribution in [0, 0.1) is 5.82 Å². The molecule has 0 radical (unpaired) electrons. The Hall–Kier alpha value is -1.88. The predicted molar refractivity (Wildman–Crippen MR) is 74.7 cm³/mol. The maximum absolute atomic E-state index is 13.2. The van der Waals surface area contributed by atoms with E-state index in [0.29, 0.717) is 31.6 Å². The summed E-state index contributed by atoms with van der Waals surface area (Å²) in [7, 11) is 0. The summed E-state index contributed by atoms with van der Waals surface area (Å²) in [6.45, 7) is 1.32. The first-order valence-electron chi connectivity index (χ1n) is 6.25. The lowest BCUT2D eigenvalue weighted by molar-refractivity contribution is -0.125. The van der Waals surface area contributed by atoms with Crippen LogP contribution in [0.4, 0.5) is 4.39 Å². The molecule has 20 heavy (non-hydrogen) atoms. The molecular weight excluding hydrogens is 283 g/mol. The highest BCUT2D eigenvalue weighted by Gasteiger charge is 2.16. The number of hydrogen-bond donors (Lipinski definition) is 1. The fourth-order valence-corrected chi connectivity index (χ4v) is 1.99. The molecule has 0 bridgehead atoms. The Morgan fingerprint density at radius 2 is 2.20 bits per heavy atom. The molecule has 1 aliphatic heterocycles. The molecule has 1 N–H and O–H groups in total. The van der Waals surface area contributed by atoms with Crippen molar-refractivity contribution in [2.45, 2.75) is 6.42 Å². The molecule has 0 aliphatic carbocycles. The molecule has 1 heterocycles. The summed E-state index contributed by atoms with van der Waals surface area (Å²) in [5.74, 6) is -0.772. The van der Waals surface area contributed by atoms with Gasteiger partial charge in [-0.15, -0.1) is 0 Å². The van der Waals surface area contributed by atoms with Gasteiger partial charge >= 0.3 is 0 Å². The van der Waals surface area contributed by atoms with E-state index in [-0.39, 0.29) is 16.8 Å². The van der Waals surface area contributed by atoms with Crippen molar-refractivity contribution in [3.8, 4) is 0 Å². The first kappa shape index (κ1) is 14.5.